The van der Waals surface area contributed by atoms with Crippen molar-refractivity contribution in [3.63, 3.8) is 0 Å². The third-order valence-corrected chi connectivity index (χ3v) is 4.13. The molecule has 0 spiro atoms. The Kier molecular flexibility index (Phi) is 5.78. The number of hydrogen-bond donors (Lipinski definition) is 2. The van der Waals surface area contributed by atoms with E-state index in [9.17, 15) is 4.79 Å². The molecule has 0 radical (unpaired) electrons. The minimum atomic E-state index is -0.0557. The third kappa shape index (κ3) is 4.88. The maximum absolute atomic E-state index is 11.8. The number of carbonyl (C=O) groups is 1. The van der Waals surface area contributed by atoms with Gasteiger partial charge in [-0.2, -0.15) is 0 Å². The summed E-state index contributed by atoms with van der Waals surface area (Å²) in [6, 6.07) is 9.61. The van der Waals surface area contributed by atoms with Gasteiger partial charge in [0, 0.05) is 22.7 Å². The molecular formula is C16H20N2O2S. The molecule has 0 saturated heterocycles. The molecule has 0 saturated carbocycles. The van der Waals surface area contributed by atoms with Crippen molar-refractivity contribution in [2.45, 2.75) is 19.8 Å². The molecule has 112 valence electrons. The van der Waals surface area contributed by atoms with Crippen LogP contribution in [0.4, 0.5) is 11.4 Å². The fraction of sp³-hybridized carbons (Fsp3) is 0.312. The van der Waals surface area contributed by atoms with Gasteiger partial charge in [0.25, 0.3) is 0 Å². The average Bonchev–Trinajstić information content (AvgIpc) is 2.97. The monoisotopic (exact) mass is 304 g/mol. The van der Waals surface area contributed by atoms with Crippen LogP contribution < -0.4 is 11.1 Å². The van der Waals surface area contributed by atoms with Crippen molar-refractivity contribution in [3.05, 3.63) is 46.2 Å². The van der Waals surface area contributed by atoms with E-state index in [-0.39, 0.29) is 5.91 Å². The highest BCUT2D eigenvalue weighted by molar-refractivity contribution is 7.09. The summed E-state index contributed by atoms with van der Waals surface area (Å²) < 4.78 is 5.49. The van der Waals surface area contributed by atoms with Crippen molar-refractivity contribution in [2.75, 3.05) is 24.3 Å². The zero-order valence-corrected chi connectivity index (χ0v) is 12.9. The van der Waals surface area contributed by atoms with Crippen LogP contribution in [0.15, 0.2) is 35.7 Å². The lowest BCUT2D eigenvalue weighted by Crippen LogP contribution is -2.15. The van der Waals surface area contributed by atoms with Crippen molar-refractivity contribution < 1.29 is 9.53 Å². The number of rotatable bonds is 7. The molecule has 0 bridgehead atoms. The lowest BCUT2D eigenvalue weighted by Gasteiger charge is -2.10. The van der Waals surface area contributed by atoms with E-state index in [1.54, 1.807) is 11.3 Å². The number of ether oxygens (including phenoxy) is 1. The standard InChI is InChI=1S/C16H20N2O2S/c1-12-14(17)5-2-6-15(12)18-16(19)8-10-20-9-7-13-4-3-11-21-13/h2-6,11H,7-10,17H2,1H3,(H,18,19). The Morgan fingerprint density at radius 3 is 2.90 bits per heavy atom. The number of thiophene rings is 1. The number of nitrogens with one attached hydrogen (secondary N) is 1. The number of benzene rings is 1. The van der Waals surface area contributed by atoms with Crippen molar-refractivity contribution in [2.24, 2.45) is 0 Å². The van der Waals surface area contributed by atoms with Gasteiger partial charge < -0.3 is 15.8 Å². The first-order chi connectivity index (χ1) is 10.2. The Bertz CT molecular complexity index is 582. The summed E-state index contributed by atoms with van der Waals surface area (Å²) in [5.74, 6) is -0.0557. The van der Waals surface area contributed by atoms with Crippen molar-refractivity contribution in [1.29, 1.82) is 0 Å². The molecule has 5 heteroatoms. The zero-order valence-electron chi connectivity index (χ0n) is 12.1. The molecule has 2 aromatic rings. The molecule has 3 N–H and O–H groups in total. The molecule has 0 unspecified atom stereocenters. The van der Waals surface area contributed by atoms with Gasteiger partial charge in [0.15, 0.2) is 0 Å². The molecule has 0 aliphatic carbocycles. The summed E-state index contributed by atoms with van der Waals surface area (Å²) in [5, 5.41) is 4.91. The second-order valence-corrected chi connectivity index (χ2v) is 5.79. The van der Waals surface area contributed by atoms with E-state index in [0.29, 0.717) is 25.3 Å². The molecule has 1 amide bonds. The summed E-state index contributed by atoms with van der Waals surface area (Å²) in [7, 11) is 0. The van der Waals surface area contributed by atoms with Gasteiger partial charge in [-0.05, 0) is 36.1 Å². The summed E-state index contributed by atoms with van der Waals surface area (Å²) in [6.45, 7) is 2.96. The zero-order chi connectivity index (χ0) is 15.1. The van der Waals surface area contributed by atoms with Crippen LogP contribution in [0.5, 0.6) is 0 Å². The van der Waals surface area contributed by atoms with Crippen molar-refractivity contribution in [1.82, 2.24) is 0 Å². The van der Waals surface area contributed by atoms with E-state index < -0.39 is 0 Å². The fourth-order valence-corrected chi connectivity index (χ4v) is 2.59. The van der Waals surface area contributed by atoms with E-state index in [1.807, 2.05) is 31.2 Å². The second-order valence-electron chi connectivity index (χ2n) is 4.76. The number of amides is 1. The van der Waals surface area contributed by atoms with Crippen LogP contribution in [0.2, 0.25) is 0 Å². The van der Waals surface area contributed by atoms with Gasteiger partial charge in [-0.1, -0.05) is 12.1 Å². The van der Waals surface area contributed by atoms with Crippen molar-refractivity contribution in [3.8, 4) is 0 Å². The van der Waals surface area contributed by atoms with E-state index in [0.717, 1.165) is 17.7 Å². The largest absolute Gasteiger partial charge is 0.398 e. The molecule has 2 rings (SSSR count). The molecule has 21 heavy (non-hydrogen) atoms. The number of anilines is 2. The van der Waals surface area contributed by atoms with Gasteiger partial charge in [0.05, 0.1) is 19.6 Å². The molecule has 0 aliphatic rings. The van der Waals surface area contributed by atoms with Crippen LogP contribution in [0, 0.1) is 6.92 Å². The van der Waals surface area contributed by atoms with Crippen molar-refractivity contribution >= 4 is 28.6 Å². The van der Waals surface area contributed by atoms with E-state index in [1.165, 1.54) is 4.88 Å². The molecule has 0 fully saturated rings. The predicted molar refractivity (Wildman–Crippen MR) is 87.7 cm³/mol. The summed E-state index contributed by atoms with van der Waals surface area (Å²) in [5.41, 5.74) is 8.14. The smallest absolute Gasteiger partial charge is 0.226 e. The molecule has 0 aliphatic heterocycles. The van der Waals surface area contributed by atoms with Crippen LogP contribution in [-0.4, -0.2) is 19.1 Å². The highest BCUT2D eigenvalue weighted by atomic mass is 32.1. The predicted octanol–water partition coefficient (Wildman–Crippen LogP) is 3.23. The molecule has 1 aromatic carbocycles. The third-order valence-electron chi connectivity index (χ3n) is 3.20. The first-order valence-corrected chi connectivity index (χ1v) is 7.80. The first kappa shape index (κ1) is 15.5. The van der Waals surface area contributed by atoms with Gasteiger partial charge in [-0.3, -0.25) is 4.79 Å². The Morgan fingerprint density at radius 1 is 1.29 bits per heavy atom. The Balaban J connectivity index is 1.66. The fourth-order valence-electron chi connectivity index (χ4n) is 1.90. The van der Waals surface area contributed by atoms with Crippen LogP contribution >= 0.6 is 11.3 Å². The Labute approximate surface area is 128 Å². The Morgan fingerprint density at radius 2 is 2.14 bits per heavy atom. The van der Waals surface area contributed by atoms with E-state index in [2.05, 4.69) is 16.8 Å². The number of hydrogen-bond acceptors (Lipinski definition) is 4. The SMILES string of the molecule is Cc1c(N)cccc1NC(=O)CCOCCc1cccs1. The maximum Gasteiger partial charge on any atom is 0.226 e. The van der Waals surface area contributed by atoms with Gasteiger partial charge in [-0.15, -0.1) is 11.3 Å². The minimum absolute atomic E-state index is 0.0557. The topological polar surface area (TPSA) is 64.3 Å². The molecule has 0 atom stereocenters. The summed E-state index contributed by atoms with van der Waals surface area (Å²) >= 11 is 1.72. The van der Waals surface area contributed by atoms with E-state index >= 15 is 0 Å². The lowest BCUT2D eigenvalue weighted by molar-refractivity contribution is -0.117. The molecule has 1 heterocycles. The van der Waals surface area contributed by atoms with Crippen LogP contribution in [-0.2, 0) is 16.0 Å². The number of nitrogen functional groups attached to an aromatic ring is 1. The highest BCUT2D eigenvalue weighted by Crippen LogP contribution is 2.20. The summed E-state index contributed by atoms with van der Waals surface area (Å²) in [6.07, 6.45) is 1.24. The Hall–Kier alpha value is -1.85. The maximum atomic E-state index is 11.8. The van der Waals surface area contributed by atoms with Gasteiger partial charge >= 0.3 is 0 Å². The first-order valence-electron chi connectivity index (χ1n) is 6.92. The normalized spacial score (nSPS) is 10.5. The minimum Gasteiger partial charge on any atom is -0.398 e. The molecular weight excluding hydrogens is 284 g/mol. The van der Waals surface area contributed by atoms with Gasteiger partial charge in [-0.25, -0.2) is 0 Å². The average molecular weight is 304 g/mol. The lowest BCUT2D eigenvalue weighted by atomic mass is 10.1. The molecule has 4 nitrogen and oxygen atoms in total. The van der Waals surface area contributed by atoms with Crippen LogP contribution in [0.3, 0.4) is 0 Å². The van der Waals surface area contributed by atoms with Gasteiger partial charge in [0.1, 0.15) is 0 Å². The summed E-state index contributed by atoms with van der Waals surface area (Å²) in [4.78, 5) is 13.1. The van der Waals surface area contributed by atoms with Crippen LogP contribution in [0.1, 0.15) is 16.9 Å². The molecule has 1 aromatic heterocycles. The second kappa shape index (κ2) is 7.81. The number of carbonyl (C=O) groups excluding carboxylic acids is 1. The van der Waals surface area contributed by atoms with Gasteiger partial charge in [0.2, 0.25) is 5.91 Å². The van der Waals surface area contributed by atoms with Crippen LogP contribution in [0.25, 0.3) is 0 Å². The number of nitrogens with two attached hydrogens (primary N) is 1. The van der Waals surface area contributed by atoms with E-state index in [4.69, 9.17) is 10.5 Å². The highest BCUT2D eigenvalue weighted by Gasteiger charge is 2.06. The quantitative estimate of drug-likeness (QED) is 0.610.